The number of hydrogen-bond acceptors (Lipinski definition) is 1. The van der Waals surface area contributed by atoms with Crippen LogP contribution in [-0.2, 0) is 4.79 Å². The lowest BCUT2D eigenvalue weighted by Crippen LogP contribution is -1.99. The second kappa shape index (κ2) is 6.04. The fourth-order valence-electron chi connectivity index (χ4n) is 1.66. The van der Waals surface area contributed by atoms with Crippen molar-refractivity contribution in [1.29, 1.82) is 0 Å². The zero-order chi connectivity index (χ0) is 13.8. The van der Waals surface area contributed by atoms with Crippen molar-refractivity contribution in [2.45, 2.75) is 0 Å². The number of hydrogen-bond donors (Lipinski definition) is 1. The summed E-state index contributed by atoms with van der Waals surface area (Å²) in [5.74, 6) is -0.970. The highest BCUT2D eigenvalue weighted by molar-refractivity contribution is 9.10. The van der Waals surface area contributed by atoms with E-state index >= 15 is 0 Å². The minimum absolute atomic E-state index is 0.231. The summed E-state index contributed by atoms with van der Waals surface area (Å²) in [5.41, 5.74) is 1.67. The summed E-state index contributed by atoms with van der Waals surface area (Å²) < 4.78 is 0.905. The minimum atomic E-state index is -0.970. The van der Waals surface area contributed by atoms with Crippen molar-refractivity contribution < 1.29 is 9.90 Å². The molecule has 0 fully saturated rings. The van der Waals surface area contributed by atoms with Crippen molar-refractivity contribution in [2.75, 3.05) is 0 Å². The van der Waals surface area contributed by atoms with E-state index < -0.39 is 5.97 Å². The zero-order valence-electron chi connectivity index (χ0n) is 9.81. The molecule has 2 rings (SSSR count). The second-order valence-electron chi connectivity index (χ2n) is 3.93. The Morgan fingerprint density at radius 1 is 1.16 bits per heavy atom. The average molecular weight is 338 g/mol. The second-order valence-corrected chi connectivity index (χ2v) is 5.28. The molecule has 4 heteroatoms. The Balaban J connectivity index is 2.46. The Morgan fingerprint density at radius 2 is 1.84 bits per heavy atom. The standard InChI is InChI=1S/C15H10BrClO2/c16-12-3-1-2-10(8-12)9-14(15(18)19)11-4-6-13(17)7-5-11/h1-9H,(H,18,19)/b14-9-. The monoisotopic (exact) mass is 336 g/mol. The molecule has 0 heterocycles. The maximum absolute atomic E-state index is 11.4. The third-order valence-electron chi connectivity index (χ3n) is 2.55. The highest BCUT2D eigenvalue weighted by Gasteiger charge is 2.10. The maximum atomic E-state index is 11.4. The number of aliphatic carboxylic acids is 1. The molecule has 1 N–H and O–H groups in total. The first-order valence-electron chi connectivity index (χ1n) is 5.53. The summed E-state index contributed by atoms with van der Waals surface area (Å²) in [6.45, 7) is 0. The molecule has 0 aromatic heterocycles. The molecular formula is C15H10BrClO2. The number of halogens is 2. The Labute approximate surface area is 124 Å². The molecule has 19 heavy (non-hydrogen) atoms. The molecule has 0 unspecified atom stereocenters. The first-order valence-corrected chi connectivity index (χ1v) is 6.70. The van der Waals surface area contributed by atoms with Gasteiger partial charge in [-0.15, -0.1) is 0 Å². The van der Waals surface area contributed by atoms with Gasteiger partial charge in [0.1, 0.15) is 0 Å². The fourth-order valence-corrected chi connectivity index (χ4v) is 2.20. The number of carboxylic acids is 1. The molecule has 0 radical (unpaired) electrons. The van der Waals surface area contributed by atoms with Gasteiger partial charge in [0.05, 0.1) is 5.57 Å². The molecule has 0 aliphatic rings. The van der Waals surface area contributed by atoms with Crippen molar-refractivity contribution in [3.8, 4) is 0 Å². The van der Waals surface area contributed by atoms with Crippen LogP contribution >= 0.6 is 27.5 Å². The van der Waals surface area contributed by atoms with Gasteiger partial charge in [-0.2, -0.15) is 0 Å². The molecule has 0 saturated carbocycles. The van der Waals surface area contributed by atoms with E-state index in [0.29, 0.717) is 10.6 Å². The van der Waals surface area contributed by atoms with Crippen LogP contribution in [-0.4, -0.2) is 11.1 Å². The predicted octanol–water partition coefficient (Wildman–Crippen LogP) is 4.73. The van der Waals surface area contributed by atoms with Gasteiger partial charge >= 0.3 is 5.97 Å². The van der Waals surface area contributed by atoms with Crippen LogP contribution in [0.4, 0.5) is 0 Å². The van der Waals surface area contributed by atoms with E-state index in [-0.39, 0.29) is 5.57 Å². The average Bonchev–Trinajstić information content (AvgIpc) is 2.37. The summed E-state index contributed by atoms with van der Waals surface area (Å²) in [6.07, 6.45) is 1.64. The van der Waals surface area contributed by atoms with Gasteiger partial charge in [-0.3, -0.25) is 0 Å². The summed E-state index contributed by atoms with van der Waals surface area (Å²) in [5, 5.41) is 9.89. The number of carboxylic acid groups (broad SMARTS) is 1. The van der Waals surface area contributed by atoms with Crippen LogP contribution in [0.3, 0.4) is 0 Å². The lowest BCUT2D eigenvalue weighted by atomic mass is 10.0. The number of carbonyl (C=O) groups is 1. The number of rotatable bonds is 3. The van der Waals surface area contributed by atoms with Gasteiger partial charge < -0.3 is 5.11 Å². The van der Waals surface area contributed by atoms with Gasteiger partial charge in [-0.05, 0) is 41.5 Å². The summed E-state index contributed by atoms with van der Waals surface area (Å²) in [4.78, 5) is 11.4. The summed E-state index contributed by atoms with van der Waals surface area (Å²) >= 11 is 9.16. The Bertz CT molecular complexity index is 633. The first-order chi connectivity index (χ1) is 9.06. The molecule has 2 nitrogen and oxygen atoms in total. The van der Waals surface area contributed by atoms with Crippen LogP contribution in [0.25, 0.3) is 11.6 Å². The topological polar surface area (TPSA) is 37.3 Å². The van der Waals surface area contributed by atoms with Crippen molar-refractivity contribution in [1.82, 2.24) is 0 Å². The van der Waals surface area contributed by atoms with Gasteiger partial charge in [-0.1, -0.05) is 51.8 Å². The fraction of sp³-hybridized carbons (Fsp3) is 0. The molecule has 0 atom stereocenters. The molecule has 0 bridgehead atoms. The summed E-state index contributed by atoms with van der Waals surface area (Å²) in [7, 11) is 0. The van der Waals surface area contributed by atoms with Crippen molar-refractivity contribution in [3.63, 3.8) is 0 Å². The van der Waals surface area contributed by atoms with E-state index in [9.17, 15) is 9.90 Å². The van der Waals surface area contributed by atoms with Crippen molar-refractivity contribution in [2.24, 2.45) is 0 Å². The Kier molecular flexibility index (Phi) is 4.40. The van der Waals surface area contributed by atoms with E-state index in [1.165, 1.54) is 0 Å². The van der Waals surface area contributed by atoms with Gasteiger partial charge in [-0.25, -0.2) is 4.79 Å². The van der Waals surface area contributed by atoms with E-state index in [2.05, 4.69) is 15.9 Å². The summed E-state index contributed by atoms with van der Waals surface area (Å²) in [6, 6.07) is 14.2. The van der Waals surface area contributed by atoms with Crippen LogP contribution in [0, 0.1) is 0 Å². The third-order valence-corrected chi connectivity index (χ3v) is 3.29. The first kappa shape index (κ1) is 13.8. The quantitative estimate of drug-likeness (QED) is 0.649. The van der Waals surface area contributed by atoms with Crippen LogP contribution < -0.4 is 0 Å². The maximum Gasteiger partial charge on any atom is 0.336 e. The van der Waals surface area contributed by atoms with Gasteiger partial charge in [0.2, 0.25) is 0 Å². The largest absolute Gasteiger partial charge is 0.478 e. The Hall–Kier alpha value is -1.58. The molecular weight excluding hydrogens is 328 g/mol. The highest BCUT2D eigenvalue weighted by Crippen LogP contribution is 2.22. The van der Waals surface area contributed by atoms with Gasteiger partial charge in [0.15, 0.2) is 0 Å². The molecule has 0 saturated heterocycles. The zero-order valence-corrected chi connectivity index (χ0v) is 12.1. The SMILES string of the molecule is O=C(O)/C(=C\c1cccc(Br)c1)c1ccc(Cl)cc1. The number of benzene rings is 2. The van der Waals surface area contributed by atoms with Crippen LogP contribution in [0.15, 0.2) is 53.0 Å². The smallest absolute Gasteiger partial charge is 0.336 e. The molecule has 0 aliphatic heterocycles. The minimum Gasteiger partial charge on any atom is -0.478 e. The van der Waals surface area contributed by atoms with E-state index in [1.54, 1.807) is 30.3 Å². The van der Waals surface area contributed by atoms with Gasteiger partial charge in [0, 0.05) is 9.50 Å². The lowest BCUT2D eigenvalue weighted by molar-refractivity contribution is -0.130. The van der Waals surface area contributed by atoms with Gasteiger partial charge in [0.25, 0.3) is 0 Å². The molecule has 2 aromatic carbocycles. The van der Waals surface area contributed by atoms with E-state index in [0.717, 1.165) is 10.0 Å². The van der Waals surface area contributed by atoms with Crippen LogP contribution in [0.1, 0.15) is 11.1 Å². The van der Waals surface area contributed by atoms with Crippen LogP contribution in [0.5, 0.6) is 0 Å². The van der Waals surface area contributed by atoms with Crippen molar-refractivity contribution >= 4 is 45.1 Å². The van der Waals surface area contributed by atoms with Crippen molar-refractivity contribution in [3.05, 3.63) is 69.2 Å². The van der Waals surface area contributed by atoms with Crippen LogP contribution in [0.2, 0.25) is 5.02 Å². The molecule has 0 aliphatic carbocycles. The Morgan fingerprint density at radius 3 is 2.42 bits per heavy atom. The molecule has 2 aromatic rings. The molecule has 96 valence electrons. The molecule has 0 spiro atoms. The normalized spacial score (nSPS) is 11.4. The highest BCUT2D eigenvalue weighted by atomic mass is 79.9. The lowest BCUT2D eigenvalue weighted by Gasteiger charge is -2.04. The predicted molar refractivity (Wildman–Crippen MR) is 81.1 cm³/mol. The van der Waals surface area contributed by atoms with E-state index in [4.69, 9.17) is 11.6 Å². The molecule has 0 amide bonds. The third kappa shape index (κ3) is 3.69. The van der Waals surface area contributed by atoms with E-state index in [1.807, 2.05) is 24.3 Å².